The van der Waals surface area contributed by atoms with Crippen LogP contribution in [-0.2, 0) is 7.05 Å². The van der Waals surface area contributed by atoms with Crippen molar-refractivity contribution in [1.29, 1.82) is 0 Å². The van der Waals surface area contributed by atoms with Gasteiger partial charge < -0.3 is 11.1 Å². The first kappa shape index (κ1) is 13.8. The van der Waals surface area contributed by atoms with Gasteiger partial charge in [0.25, 0.3) is 5.91 Å². The number of hydrogen-bond donors (Lipinski definition) is 2. The summed E-state index contributed by atoms with van der Waals surface area (Å²) in [5, 5.41) is 6.89. The minimum absolute atomic E-state index is 0.181. The van der Waals surface area contributed by atoms with Crippen molar-refractivity contribution in [2.24, 2.45) is 12.8 Å². The Labute approximate surface area is 117 Å². The molecule has 0 atom stereocenters. The Morgan fingerprint density at radius 1 is 1.50 bits per heavy atom. The molecule has 0 aliphatic heterocycles. The van der Waals surface area contributed by atoms with Gasteiger partial charge in [0.2, 0.25) is 0 Å². The van der Waals surface area contributed by atoms with E-state index in [4.69, 9.17) is 5.73 Å². The van der Waals surface area contributed by atoms with E-state index in [0.717, 1.165) is 11.3 Å². The quantitative estimate of drug-likeness (QED) is 0.806. The van der Waals surface area contributed by atoms with Crippen molar-refractivity contribution in [3.8, 4) is 11.8 Å². The number of carbonyl (C=O) groups excluding carboxylic acids is 1. The summed E-state index contributed by atoms with van der Waals surface area (Å²) in [7, 11) is 1.80. The molecule has 0 saturated heterocycles. The zero-order valence-corrected chi connectivity index (χ0v) is 11.5. The van der Waals surface area contributed by atoms with Crippen molar-refractivity contribution in [2.75, 3.05) is 11.9 Å². The molecule has 1 amide bonds. The number of hydrogen-bond acceptors (Lipinski definition) is 3. The number of nitrogens with one attached hydrogen (secondary N) is 1. The van der Waals surface area contributed by atoms with Crippen LogP contribution in [0.25, 0.3) is 0 Å². The summed E-state index contributed by atoms with van der Waals surface area (Å²) in [6, 6.07) is 7.34. The molecule has 1 aromatic carbocycles. The van der Waals surface area contributed by atoms with Crippen molar-refractivity contribution in [3.63, 3.8) is 0 Å². The zero-order chi connectivity index (χ0) is 14.5. The topological polar surface area (TPSA) is 72.9 Å². The van der Waals surface area contributed by atoms with Crippen LogP contribution in [0.3, 0.4) is 0 Å². The lowest BCUT2D eigenvalue weighted by molar-refractivity contribution is 0.102. The molecule has 0 saturated carbocycles. The maximum atomic E-state index is 12.2. The molecular weight excluding hydrogens is 252 g/mol. The number of benzene rings is 1. The molecular formula is C15H16N4O. The van der Waals surface area contributed by atoms with Gasteiger partial charge in [-0.3, -0.25) is 9.48 Å². The smallest absolute Gasteiger partial charge is 0.259 e. The maximum absolute atomic E-state index is 12.2. The van der Waals surface area contributed by atoms with Gasteiger partial charge in [0.15, 0.2) is 0 Å². The predicted octanol–water partition coefficient (Wildman–Crippen LogP) is 1.29. The van der Waals surface area contributed by atoms with Crippen LogP contribution in [0, 0.1) is 18.8 Å². The highest BCUT2D eigenvalue weighted by atomic mass is 16.1. The summed E-state index contributed by atoms with van der Waals surface area (Å²) in [6.45, 7) is 2.16. The number of anilines is 1. The standard InChI is InChI=1S/C15H16N4O/c1-11-14(10-17-19(11)2)15(20)18-13-7-3-5-12(9-13)6-4-8-16/h3,5,7,9-10H,8,16H2,1-2H3,(H,18,20). The van der Waals surface area contributed by atoms with Gasteiger partial charge in [-0.05, 0) is 25.1 Å². The molecule has 20 heavy (non-hydrogen) atoms. The Bertz CT molecular complexity index is 691. The number of aromatic nitrogens is 2. The molecule has 1 heterocycles. The van der Waals surface area contributed by atoms with E-state index >= 15 is 0 Å². The van der Waals surface area contributed by atoms with E-state index in [1.807, 2.05) is 31.2 Å². The van der Waals surface area contributed by atoms with Gasteiger partial charge in [-0.1, -0.05) is 17.9 Å². The summed E-state index contributed by atoms with van der Waals surface area (Å²) in [4.78, 5) is 12.2. The van der Waals surface area contributed by atoms with Crippen LogP contribution in [0.1, 0.15) is 21.6 Å². The molecule has 0 radical (unpaired) electrons. The van der Waals surface area contributed by atoms with Crippen LogP contribution in [-0.4, -0.2) is 22.2 Å². The molecule has 3 N–H and O–H groups in total. The van der Waals surface area contributed by atoms with Crippen molar-refractivity contribution in [1.82, 2.24) is 9.78 Å². The Hall–Kier alpha value is -2.58. The van der Waals surface area contributed by atoms with Crippen LogP contribution in [0.15, 0.2) is 30.5 Å². The molecule has 5 nitrogen and oxygen atoms in total. The van der Waals surface area contributed by atoms with Crippen LogP contribution < -0.4 is 11.1 Å². The molecule has 0 fully saturated rings. The average Bonchev–Trinajstić information content (AvgIpc) is 2.77. The normalized spacial score (nSPS) is 9.75. The third-order valence-corrected chi connectivity index (χ3v) is 2.94. The first-order valence-electron chi connectivity index (χ1n) is 6.20. The summed E-state index contributed by atoms with van der Waals surface area (Å²) < 4.78 is 1.66. The summed E-state index contributed by atoms with van der Waals surface area (Å²) in [5.74, 6) is 5.53. The van der Waals surface area contributed by atoms with Gasteiger partial charge in [-0.2, -0.15) is 5.10 Å². The molecule has 5 heteroatoms. The van der Waals surface area contributed by atoms with E-state index < -0.39 is 0 Å². The number of rotatable bonds is 2. The number of nitrogens with two attached hydrogens (primary N) is 1. The van der Waals surface area contributed by atoms with Gasteiger partial charge >= 0.3 is 0 Å². The molecule has 0 aliphatic carbocycles. The van der Waals surface area contributed by atoms with Crippen molar-refractivity contribution in [3.05, 3.63) is 47.3 Å². The first-order chi connectivity index (χ1) is 9.61. The number of aryl methyl sites for hydroxylation is 1. The van der Waals surface area contributed by atoms with Crippen molar-refractivity contribution in [2.45, 2.75) is 6.92 Å². The number of amides is 1. The maximum Gasteiger partial charge on any atom is 0.259 e. The first-order valence-corrected chi connectivity index (χ1v) is 6.20. The molecule has 0 bridgehead atoms. The van der Waals surface area contributed by atoms with Gasteiger partial charge in [0, 0.05) is 24.0 Å². The molecule has 0 aliphatic rings. The molecule has 2 aromatic rings. The zero-order valence-electron chi connectivity index (χ0n) is 11.5. The molecule has 1 aromatic heterocycles. The highest BCUT2D eigenvalue weighted by Crippen LogP contribution is 2.13. The lowest BCUT2D eigenvalue weighted by Gasteiger charge is -2.05. The second-order valence-electron chi connectivity index (χ2n) is 4.31. The summed E-state index contributed by atoms with van der Waals surface area (Å²) in [5.41, 5.74) is 8.23. The lowest BCUT2D eigenvalue weighted by atomic mass is 10.2. The van der Waals surface area contributed by atoms with Gasteiger partial charge in [-0.25, -0.2) is 0 Å². The van der Waals surface area contributed by atoms with Crippen LogP contribution >= 0.6 is 0 Å². The largest absolute Gasteiger partial charge is 0.322 e. The average molecular weight is 268 g/mol. The van der Waals surface area contributed by atoms with Crippen molar-refractivity contribution < 1.29 is 4.79 Å². The van der Waals surface area contributed by atoms with Gasteiger partial charge in [0.05, 0.1) is 18.3 Å². The fourth-order valence-corrected chi connectivity index (χ4v) is 1.75. The van der Waals surface area contributed by atoms with E-state index in [0.29, 0.717) is 17.8 Å². The third kappa shape index (κ3) is 3.05. The van der Waals surface area contributed by atoms with Gasteiger partial charge in [0.1, 0.15) is 0 Å². The molecule has 0 unspecified atom stereocenters. The highest BCUT2D eigenvalue weighted by molar-refractivity contribution is 6.04. The van der Waals surface area contributed by atoms with E-state index in [2.05, 4.69) is 22.3 Å². The minimum Gasteiger partial charge on any atom is -0.322 e. The van der Waals surface area contributed by atoms with E-state index in [9.17, 15) is 4.79 Å². The predicted molar refractivity (Wildman–Crippen MR) is 78.3 cm³/mol. The Kier molecular flexibility index (Phi) is 4.18. The molecule has 102 valence electrons. The highest BCUT2D eigenvalue weighted by Gasteiger charge is 2.12. The second-order valence-corrected chi connectivity index (χ2v) is 4.31. The number of nitrogens with zero attached hydrogens (tertiary/aromatic N) is 2. The van der Waals surface area contributed by atoms with Crippen LogP contribution in [0.5, 0.6) is 0 Å². The van der Waals surface area contributed by atoms with E-state index in [1.165, 1.54) is 0 Å². The van der Waals surface area contributed by atoms with E-state index in [1.54, 1.807) is 17.9 Å². The van der Waals surface area contributed by atoms with E-state index in [-0.39, 0.29) is 5.91 Å². The number of carbonyl (C=O) groups is 1. The Morgan fingerprint density at radius 3 is 2.95 bits per heavy atom. The van der Waals surface area contributed by atoms with Gasteiger partial charge in [-0.15, -0.1) is 0 Å². The minimum atomic E-state index is -0.181. The third-order valence-electron chi connectivity index (χ3n) is 2.94. The fourth-order valence-electron chi connectivity index (χ4n) is 1.75. The monoisotopic (exact) mass is 268 g/mol. The molecule has 2 rings (SSSR count). The lowest BCUT2D eigenvalue weighted by Crippen LogP contribution is -2.13. The summed E-state index contributed by atoms with van der Waals surface area (Å²) >= 11 is 0. The summed E-state index contributed by atoms with van der Waals surface area (Å²) in [6.07, 6.45) is 1.56. The Balaban J connectivity index is 2.18. The van der Waals surface area contributed by atoms with Crippen LogP contribution in [0.4, 0.5) is 5.69 Å². The van der Waals surface area contributed by atoms with Crippen LogP contribution in [0.2, 0.25) is 0 Å². The second kappa shape index (κ2) is 6.04. The fraction of sp³-hybridized carbons (Fsp3) is 0.200. The SMILES string of the molecule is Cc1c(C(=O)Nc2cccc(C#CCN)c2)cnn1C. The van der Waals surface area contributed by atoms with Crippen molar-refractivity contribution >= 4 is 11.6 Å². The molecule has 0 spiro atoms. The Morgan fingerprint density at radius 2 is 2.30 bits per heavy atom.